The summed E-state index contributed by atoms with van der Waals surface area (Å²) < 4.78 is 5.91. The molecule has 0 fully saturated rings. The number of rotatable bonds is 7. The van der Waals surface area contributed by atoms with Crippen LogP contribution in [0.25, 0.3) is 11.1 Å². The van der Waals surface area contributed by atoms with Gasteiger partial charge in [-0.25, -0.2) is 4.98 Å². The third-order valence-electron chi connectivity index (χ3n) is 3.47. The molecule has 1 aromatic carbocycles. The first-order valence-corrected chi connectivity index (χ1v) is 7.20. The molecular formula is C16H23NO. The van der Waals surface area contributed by atoms with Gasteiger partial charge in [-0.2, -0.15) is 0 Å². The minimum Gasteiger partial charge on any atom is -0.440 e. The van der Waals surface area contributed by atoms with Crippen LogP contribution in [-0.2, 0) is 0 Å². The highest BCUT2D eigenvalue weighted by atomic mass is 16.3. The summed E-state index contributed by atoms with van der Waals surface area (Å²) in [6.07, 6.45) is 7.39. The Morgan fingerprint density at radius 2 is 1.72 bits per heavy atom. The summed E-state index contributed by atoms with van der Waals surface area (Å²) in [5.41, 5.74) is 1.91. The molecule has 2 nitrogen and oxygen atoms in total. The normalized spacial score (nSPS) is 11.5. The number of aromatic nitrogens is 1. The fourth-order valence-electron chi connectivity index (χ4n) is 2.36. The average Bonchev–Trinajstić information content (AvgIpc) is 2.82. The van der Waals surface area contributed by atoms with Gasteiger partial charge in [0.25, 0.3) is 0 Å². The number of hydrogen-bond donors (Lipinski definition) is 0. The summed E-state index contributed by atoms with van der Waals surface area (Å²) in [4.78, 5) is 4.65. The molecule has 1 heterocycles. The van der Waals surface area contributed by atoms with E-state index in [0.717, 1.165) is 17.0 Å². The first-order chi connectivity index (χ1) is 8.85. The largest absolute Gasteiger partial charge is 0.440 e. The van der Waals surface area contributed by atoms with E-state index in [9.17, 15) is 0 Å². The standard InChI is InChI=1S/C16H23NO/c1-3-5-9-13(10-6-4-2)16-17-14-11-7-8-12-15(14)18-16/h7-8,11-13H,3-6,9-10H2,1-2H3. The molecule has 98 valence electrons. The van der Waals surface area contributed by atoms with Crippen molar-refractivity contribution in [3.8, 4) is 0 Å². The molecule has 2 rings (SSSR count). The highest BCUT2D eigenvalue weighted by molar-refractivity contribution is 5.72. The molecule has 0 amide bonds. The van der Waals surface area contributed by atoms with Crippen molar-refractivity contribution < 1.29 is 4.42 Å². The van der Waals surface area contributed by atoms with Crippen LogP contribution in [0.3, 0.4) is 0 Å². The monoisotopic (exact) mass is 245 g/mol. The second-order valence-corrected chi connectivity index (χ2v) is 5.00. The predicted octanol–water partition coefficient (Wildman–Crippen LogP) is 5.29. The highest BCUT2D eigenvalue weighted by Crippen LogP contribution is 2.29. The Bertz CT molecular complexity index is 434. The summed E-state index contributed by atoms with van der Waals surface area (Å²) in [7, 11) is 0. The van der Waals surface area contributed by atoms with Crippen LogP contribution in [0.1, 0.15) is 64.2 Å². The van der Waals surface area contributed by atoms with Crippen molar-refractivity contribution in [2.45, 2.75) is 58.3 Å². The summed E-state index contributed by atoms with van der Waals surface area (Å²) in [6, 6.07) is 8.05. The maximum absolute atomic E-state index is 5.91. The van der Waals surface area contributed by atoms with Gasteiger partial charge in [-0.1, -0.05) is 51.7 Å². The van der Waals surface area contributed by atoms with Gasteiger partial charge in [0, 0.05) is 5.92 Å². The predicted molar refractivity (Wildman–Crippen MR) is 75.8 cm³/mol. The van der Waals surface area contributed by atoms with Crippen LogP contribution in [0.2, 0.25) is 0 Å². The molecule has 2 heteroatoms. The maximum Gasteiger partial charge on any atom is 0.198 e. The zero-order valence-electron chi connectivity index (χ0n) is 11.5. The van der Waals surface area contributed by atoms with E-state index >= 15 is 0 Å². The summed E-state index contributed by atoms with van der Waals surface area (Å²) in [6.45, 7) is 4.48. The van der Waals surface area contributed by atoms with E-state index in [2.05, 4.69) is 18.8 Å². The van der Waals surface area contributed by atoms with Crippen LogP contribution in [0.5, 0.6) is 0 Å². The van der Waals surface area contributed by atoms with E-state index in [1.165, 1.54) is 38.5 Å². The first-order valence-electron chi connectivity index (χ1n) is 7.20. The lowest BCUT2D eigenvalue weighted by Gasteiger charge is -2.11. The molecule has 0 unspecified atom stereocenters. The molecule has 0 aliphatic rings. The molecule has 18 heavy (non-hydrogen) atoms. The molecule has 0 bridgehead atoms. The van der Waals surface area contributed by atoms with E-state index in [-0.39, 0.29) is 0 Å². The summed E-state index contributed by atoms with van der Waals surface area (Å²) >= 11 is 0. The highest BCUT2D eigenvalue weighted by Gasteiger charge is 2.17. The van der Waals surface area contributed by atoms with Crippen molar-refractivity contribution in [1.82, 2.24) is 4.98 Å². The van der Waals surface area contributed by atoms with Gasteiger partial charge in [0.1, 0.15) is 5.52 Å². The second kappa shape index (κ2) is 6.58. The SMILES string of the molecule is CCCCC(CCCC)c1nc2ccccc2o1. The van der Waals surface area contributed by atoms with Gasteiger partial charge in [0.05, 0.1) is 0 Å². The number of hydrogen-bond acceptors (Lipinski definition) is 2. The van der Waals surface area contributed by atoms with E-state index in [1.807, 2.05) is 24.3 Å². The number of fused-ring (bicyclic) bond motifs is 1. The Balaban J connectivity index is 2.17. The topological polar surface area (TPSA) is 26.0 Å². The molecule has 1 aromatic heterocycles. The van der Waals surface area contributed by atoms with Crippen molar-refractivity contribution in [3.05, 3.63) is 30.2 Å². The molecule has 0 atom stereocenters. The Morgan fingerprint density at radius 1 is 1.06 bits per heavy atom. The zero-order chi connectivity index (χ0) is 12.8. The van der Waals surface area contributed by atoms with Crippen LogP contribution >= 0.6 is 0 Å². The van der Waals surface area contributed by atoms with Gasteiger partial charge < -0.3 is 4.42 Å². The van der Waals surface area contributed by atoms with Gasteiger partial charge >= 0.3 is 0 Å². The molecule has 0 aliphatic heterocycles. The zero-order valence-corrected chi connectivity index (χ0v) is 11.5. The Kier molecular flexibility index (Phi) is 4.80. The van der Waals surface area contributed by atoms with E-state index < -0.39 is 0 Å². The number of unbranched alkanes of at least 4 members (excludes halogenated alkanes) is 2. The van der Waals surface area contributed by atoms with Crippen molar-refractivity contribution in [1.29, 1.82) is 0 Å². The van der Waals surface area contributed by atoms with Gasteiger partial charge in [-0.15, -0.1) is 0 Å². The lowest BCUT2D eigenvalue weighted by Crippen LogP contribution is -1.99. The minimum atomic E-state index is 0.497. The quantitative estimate of drug-likeness (QED) is 0.662. The van der Waals surface area contributed by atoms with Crippen LogP contribution in [0.4, 0.5) is 0 Å². The average molecular weight is 245 g/mol. The van der Waals surface area contributed by atoms with E-state index in [4.69, 9.17) is 4.42 Å². The van der Waals surface area contributed by atoms with Crippen molar-refractivity contribution in [3.63, 3.8) is 0 Å². The number of nitrogens with zero attached hydrogens (tertiary/aromatic N) is 1. The lowest BCUT2D eigenvalue weighted by atomic mass is 9.96. The lowest BCUT2D eigenvalue weighted by molar-refractivity contribution is 0.416. The van der Waals surface area contributed by atoms with Gasteiger partial charge in [0.15, 0.2) is 11.5 Å². The summed E-state index contributed by atoms with van der Waals surface area (Å²) in [5, 5.41) is 0. The Hall–Kier alpha value is -1.31. The number of para-hydroxylation sites is 2. The smallest absolute Gasteiger partial charge is 0.198 e. The van der Waals surface area contributed by atoms with Crippen molar-refractivity contribution in [2.75, 3.05) is 0 Å². The van der Waals surface area contributed by atoms with Gasteiger partial charge in [-0.05, 0) is 25.0 Å². The van der Waals surface area contributed by atoms with Gasteiger partial charge in [-0.3, -0.25) is 0 Å². The molecule has 2 aromatic rings. The van der Waals surface area contributed by atoms with Crippen LogP contribution in [0, 0.1) is 0 Å². The molecule has 0 aliphatic carbocycles. The fourth-order valence-corrected chi connectivity index (χ4v) is 2.36. The third-order valence-corrected chi connectivity index (χ3v) is 3.47. The molecule has 0 radical (unpaired) electrons. The van der Waals surface area contributed by atoms with Crippen LogP contribution < -0.4 is 0 Å². The molecule has 0 N–H and O–H groups in total. The van der Waals surface area contributed by atoms with Crippen molar-refractivity contribution in [2.24, 2.45) is 0 Å². The second-order valence-electron chi connectivity index (χ2n) is 5.00. The van der Waals surface area contributed by atoms with Crippen LogP contribution in [0.15, 0.2) is 28.7 Å². The minimum absolute atomic E-state index is 0.497. The first kappa shape index (κ1) is 13.1. The maximum atomic E-state index is 5.91. The number of benzene rings is 1. The van der Waals surface area contributed by atoms with Gasteiger partial charge in [0.2, 0.25) is 0 Å². The van der Waals surface area contributed by atoms with E-state index in [0.29, 0.717) is 5.92 Å². The van der Waals surface area contributed by atoms with Crippen LogP contribution in [-0.4, -0.2) is 4.98 Å². The molecule has 0 spiro atoms. The third kappa shape index (κ3) is 3.12. The Labute approximate surface area is 109 Å². The summed E-state index contributed by atoms with van der Waals surface area (Å²) in [5.74, 6) is 1.44. The Morgan fingerprint density at radius 3 is 2.33 bits per heavy atom. The van der Waals surface area contributed by atoms with E-state index in [1.54, 1.807) is 0 Å². The molecule has 0 saturated carbocycles. The molecule has 0 saturated heterocycles. The fraction of sp³-hybridized carbons (Fsp3) is 0.562. The van der Waals surface area contributed by atoms with Crippen molar-refractivity contribution >= 4 is 11.1 Å². The number of oxazole rings is 1. The molecular weight excluding hydrogens is 222 g/mol.